The van der Waals surface area contributed by atoms with Gasteiger partial charge in [0.25, 0.3) is 5.91 Å². The van der Waals surface area contributed by atoms with Gasteiger partial charge in [0.1, 0.15) is 5.69 Å². The van der Waals surface area contributed by atoms with Crippen molar-refractivity contribution in [2.24, 2.45) is 0 Å². The van der Waals surface area contributed by atoms with Crippen molar-refractivity contribution in [1.82, 2.24) is 24.8 Å². The van der Waals surface area contributed by atoms with Crippen LogP contribution in [0.3, 0.4) is 0 Å². The van der Waals surface area contributed by atoms with Crippen molar-refractivity contribution >= 4 is 22.9 Å². The van der Waals surface area contributed by atoms with Crippen LogP contribution in [0.4, 0.5) is 11.4 Å². The van der Waals surface area contributed by atoms with E-state index in [4.69, 9.17) is 5.10 Å². The number of anilines is 2. The van der Waals surface area contributed by atoms with Gasteiger partial charge in [0.15, 0.2) is 5.65 Å². The summed E-state index contributed by atoms with van der Waals surface area (Å²) < 4.78 is 1.69. The molecule has 0 saturated carbocycles. The highest BCUT2D eigenvalue weighted by Gasteiger charge is 2.12. The first-order chi connectivity index (χ1) is 16.1. The number of carbonyl (C=O) groups excluding carboxylic acids is 1. The number of rotatable bonds is 5. The van der Waals surface area contributed by atoms with Gasteiger partial charge in [-0.15, -0.1) is 10.2 Å². The molecular formula is C25H21N7O. The van der Waals surface area contributed by atoms with Gasteiger partial charge in [-0.05, 0) is 60.7 Å². The van der Waals surface area contributed by atoms with Crippen molar-refractivity contribution in [3.05, 3.63) is 90.6 Å². The third-order valence-electron chi connectivity index (χ3n) is 5.24. The number of aromatic nitrogens is 5. The summed E-state index contributed by atoms with van der Waals surface area (Å²) in [4.78, 5) is 18.9. The lowest BCUT2D eigenvalue weighted by atomic mass is 10.1. The van der Waals surface area contributed by atoms with E-state index in [1.165, 1.54) is 0 Å². The van der Waals surface area contributed by atoms with Gasteiger partial charge in [-0.2, -0.15) is 9.61 Å². The van der Waals surface area contributed by atoms with Crippen LogP contribution in [0.15, 0.2) is 85.1 Å². The summed E-state index contributed by atoms with van der Waals surface area (Å²) in [5.41, 5.74) is 5.36. The van der Waals surface area contributed by atoms with Gasteiger partial charge in [-0.1, -0.05) is 18.2 Å². The average molecular weight is 435 g/mol. The summed E-state index contributed by atoms with van der Waals surface area (Å²) in [6, 6.07) is 24.4. The standard InChI is InChI=1S/C25H21N7O/c1-31(2)20-12-8-18(9-13-20)25(33)27-19-10-6-17(7-11-19)21-14-15-23-28-29-24(32(23)30-21)22-5-3-4-16-26-22/h3-16H,1-2H3,(H,27,33). The largest absolute Gasteiger partial charge is 0.378 e. The predicted molar refractivity (Wildman–Crippen MR) is 128 cm³/mol. The highest BCUT2D eigenvalue weighted by atomic mass is 16.1. The van der Waals surface area contributed by atoms with Crippen LogP contribution in [0.5, 0.6) is 0 Å². The van der Waals surface area contributed by atoms with Crippen LogP contribution in [0, 0.1) is 0 Å². The molecule has 33 heavy (non-hydrogen) atoms. The van der Waals surface area contributed by atoms with Gasteiger partial charge in [0.05, 0.1) is 5.69 Å². The number of hydrogen-bond donors (Lipinski definition) is 1. The maximum atomic E-state index is 12.6. The Morgan fingerprint density at radius 3 is 2.33 bits per heavy atom. The molecule has 0 aliphatic heterocycles. The van der Waals surface area contributed by atoms with Gasteiger partial charge in [0, 0.05) is 42.8 Å². The van der Waals surface area contributed by atoms with Crippen molar-refractivity contribution in [2.45, 2.75) is 0 Å². The molecule has 162 valence electrons. The minimum Gasteiger partial charge on any atom is -0.378 e. The second-order valence-corrected chi connectivity index (χ2v) is 7.70. The van der Waals surface area contributed by atoms with E-state index in [2.05, 4.69) is 20.5 Å². The first kappa shape index (κ1) is 20.3. The summed E-state index contributed by atoms with van der Waals surface area (Å²) >= 11 is 0. The molecular weight excluding hydrogens is 414 g/mol. The Labute approximate surface area is 190 Å². The molecule has 3 heterocycles. The molecule has 2 aromatic carbocycles. The molecule has 5 aromatic rings. The van der Waals surface area contributed by atoms with Crippen molar-refractivity contribution in [3.63, 3.8) is 0 Å². The minimum atomic E-state index is -0.155. The molecule has 0 saturated heterocycles. The number of carbonyl (C=O) groups is 1. The lowest BCUT2D eigenvalue weighted by molar-refractivity contribution is 0.102. The smallest absolute Gasteiger partial charge is 0.255 e. The zero-order valence-electron chi connectivity index (χ0n) is 18.2. The van der Waals surface area contributed by atoms with Crippen LogP contribution in [-0.2, 0) is 0 Å². The molecule has 8 nitrogen and oxygen atoms in total. The second-order valence-electron chi connectivity index (χ2n) is 7.70. The number of fused-ring (bicyclic) bond motifs is 1. The van der Waals surface area contributed by atoms with Crippen LogP contribution in [-0.4, -0.2) is 44.8 Å². The lowest BCUT2D eigenvalue weighted by Gasteiger charge is -2.12. The van der Waals surface area contributed by atoms with E-state index in [1.54, 1.807) is 10.7 Å². The zero-order chi connectivity index (χ0) is 22.8. The van der Waals surface area contributed by atoms with Gasteiger partial charge < -0.3 is 10.2 Å². The van der Waals surface area contributed by atoms with E-state index in [1.807, 2.05) is 97.9 Å². The van der Waals surface area contributed by atoms with Gasteiger partial charge in [-0.25, -0.2) is 0 Å². The van der Waals surface area contributed by atoms with E-state index < -0.39 is 0 Å². The second kappa shape index (κ2) is 8.51. The molecule has 0 atom stereocenters. The summed E-state index contributed by atoms with van der Waals surface area (Å²) in [6.45, 7) is 0. The highest BCUT2D eigenvalue weighted by Crippen LogP contribution is 2.22. The monoisotopic (exact) mass is 435 g/mol. The molecule has 0 radical (unpaired) electrons. The topological polar surface area (TPSA) is 88.3 Å². The van der Waals surface area contributed by atoms with Crippen molar-refractivity contribution < 1.29 is 4.79 Å². The Hall–Kier alpha value is -4.59. The fraction of sp³-hybridized carbons (Fsp3) is 0.0800. The molecule has 0 aliphatic carbocycles. The van der Waals surface area contributed by atoms with Crippen LogP contribution < -0.4 is 10.2 Å². The molecule has 0 spiro atoms. The normalized spacial score (nSPS) is 10.8. The Morgan fingerprint density at radius 2 is 1.64 bits per heavy atom. The number of nitrogens with one attached hydrogen (secondary N) is 1. The summed E-state index contributed by atoms with van der Waals surface area (Å²) in [6.07, 6.45) is 1.71. The molecule has 8 heteroatoms. The lowest BCUT2D eigenvalue weighted by Crippen LogP contribution is -2.13. The van der Waals surface area contributed by atoms with Crippen molar-refractivity contribution in [2.75, 3.05) is 24.3 Å². The maximum Gasteiger partial charge on any atom is 0.255 e. The van der Waals surface area contributed by atoms with E-state index in [-0.39, 0.29) is 5.91 Å². The van der Waals surface area contributed by atoms with Gasteiger partial charge >= 0.3 is 0 Å². The summed E-state index contributed by atoms with van der Waals surface area (Å²) in [7, 11) is 3.93. The quantitative estimate of drug-likeness (QED) is 0.446. The zero-order valence-corrected chi connectivity index (χ0v) is 18.2. The minimum absolute atomic E-state index is 0.155. The van der Waals surface area contributed by atoms with E-state index in [0.717, 1.165) is 16.9 Å². The van der Waals surface area contributed by atoms with Crippen LogP contribution in [0.1, 0.15) is 10.4 Å². The van der Waals surface area contributed by atoms with E-state index >= 15 is 0 Å². The average Bonchev–Trinajstić information content (AvgIpc) is 3.28. The predicted octanol–water partition coefficient (Wildman–Crippen LogP) is 4.17. The Balaban J connectivity index is 1.36. The fourth-order valence-corrected chi connectivity index (χ4v) is 3.44. The molecule has 1 N–H and O–H groups in total. The molecule has 0 fully saturated rings. The molecule has 0 aliphatic rings. The van der Waals surface area contributed by atoms with Crippen LogP contribution >= 0.6 is 0 Å². The highest BCUT2D eigenvalue weighted by molar-refractivity contribution is 6.04. The van der Waals surface area contributed by atoms with Crippen molar-refractivity contribution in [1.29, 1.82) is 0 Å². The van der Waals surface area contributed by atoms with Gasteiger partial charge in [-0.3, -0.25) is 9.78 Å². The van der Waals surface area contributed by atoms with E-state index in [9.17, 15) is 4.79 Å². The van der Waals surface area contributed by atoms with Gasteiger partial charge in [0.2, 0.25) is 5.82 Å². The number of benzene rings is 2. The summed E-state index contributed by atoms with van der Waals surface area (Å²) in [5.74, 6) is 0.425. The number of hydrogen-bond acceptors (Lipinski definition) is 6. The fourth-order valence-electron chi connectivity index (χ4n) is 3.44. The number of pyridine rings is 1. The SMILES string of the molecule is CN(C)c1ccc(C(=O)Nc2ccc(-c3ccc4nnc(-c5ccccn5)n4n3)cc2)cc1. The summed E-state index contributed by atoms with van der Waals surface area (Å²) in [5, 5.41) is 16.0. The first-order valence-electron chi connectivity index (χ1n) is 10.4. The number of nitrogens with zero attached hydrogens (tertiary/aromatic N) is 6. The molecule has 3 aromatic heterocycles. The van der Waals surface area contributed by atoms with Crippen molar-refractivity contribution in [3.8, 4) is 22.8 Å². The number of amides is 1. The molecule has 0 bridgehead atoms. The Kier molecular flexibility index (Phi) is 5.24. The van der Waals surface area contributed by atoms with E-state index in [0.29, 0.717) is 28.4 Å². The Morgan fingerprint density at radius 1 is 0.848 bits per heavy atom. The molecule has 1 amide bonds. The third kappa shape index (κ3) is 4.14. The molecule has 0 unspecified atom stereocenters. The maximum absolute atomic E-state index is 12.6. The molecule has 5 rings (SSSR count). The van der Waals surface area contributed by atoms with Crippen LogP contribution in [0.25, 0.3) is 28.4 Å². The Bertz CT molecular complexity index is 1410. The third-order valence-corrected chi connectivity index (χ3v) is 5.24. The first-order valence-corrected chi connectivity index (χ1v) is 10.4. The van der Waals surface area contributed by atoms with Crippen LogP contribution in [0.2, 0.25) is 0 Å².